The highest BCUT2D eigenvalue weighted by molar-refractivity contribution is 5.95. The number of carbonyl (C=O) groups is 1. The summed E-state index contributed by atoms with van der Waals surface area (Å²) in [6.45, 7) is 1.92. The summed E-state index contributed by atoms with van der Waals surface area (Å²) in [5.74, 6) is -0.472. The van der Waals surface area contributed by atoms with Crippen molar-refractivity contribution in [1.29, 1.82) is 0 Å². The molecule has 3 rings (SSSR count). The second kappa shape index (κ2) is 6.51. The Hall–Kier alpha value is -2.35. The molecule has 0 radical (unpaired) electrons. The van der Waals surface area contributed by atoms with E-state index in [-0.39, 0.29) is 18.3 Å². The van der Waals surface area contributed by atoms with Crippen molar-refractivity contribution in [2.45, 2.75) is 32.0 Å². The number of nitrogens with zero attached hydrogens (tertiary/aromatic N) is 2. The molecule has 1 saturated carbocycles. The van der Waals surface area contributed by atoms with Crippen LogP contribution in [0.1, 0.15) is 34.5 Å². The van der Waals surface area contributed by atoms with Crippen LogP contribution in [-0.4, -0.2) is 28.3 Å². The van der Waals surface area contributed by atoms with Gasteiger partial charge in [-0.25, -0.2) is 4.68 Å². The van der Waals surface area contributed by atoms with Crippen LogP contribution in [0.5, 0.6) is 0 Å². The molecule has 1 aliphatic rings. The first-order valence-electron chi connectivity index (χ1n) is 8.03. The van der Waals surface area contributed by atoms with E-state index in [0.717, 1.165) is 29.3 Å². The maximum atomic E-state index is 13.6. The van der Waals surface area contributed by atoms with Gasteiger partial charge in [0.25, 0.3) is 5.91 Å². The topological polar surface area (TPSA) is 72.9 Å². The molecule has 1 aromatic heterocycles. The summed E-state index contributed by atoms with van der Waals surface area (Å²) in [5.41, 5.74) is 5.34. The highest BCUT2D eigenvalue weighted by Gasteiger charge is 2.40. The van der Waals surface area contributed by atoms with E-state index >= 15 is 0 Å². The van der Waals surface area contributed by atoms with Gasteiger partial charge in [-0.05, 0) is 43.4 Å². The summed E-state index contributed by atoms with van der Waals surface area (Å²) >= 11 is 0. The van der Waals surface area contributed by atoms with Crippen LogP contribution >= 0.6 is 0 Å². The van der Waals surface area contributed by atoms with Crippen LogP contribution in [-0.2, 0) is 6.18 Å². The third-order valence-electron chi connectivity index (χ3n) is 4.25. The standard InChI is InChI=1S/C17H19F3N4O/c1-10-3-2-4-12(7-10)24-15(17(18,19)20)13(8-23-24)16(25)22-9-14(21)11-5-6-11/h2-4,7-8,11,14H,5-6,9,21H2,1H3,(H,22,25). The minimum absolute atomic E-state index is 0.149. The van der Waals surface area contributed by atoms with Crippen molar-refractivity contribution < 1.29 is 18.0 Å². The first kappa shape index (κ1) is 17.5. The van der Waals surface area contributed by atoms with Crippen molar-refractivity contribution in [3.63, 3.8) is 0 Å². The molecule has 1 fully saturated rings. The molecule has 2 aromatic rings. The van der Waals surface area contributed by atoms with E-state index in [9.17, 15) is 18.0 Å². The summed E-state index contributed by atoms with van der Waals surface area (Å²) < 4.78 is 41.4. The summed E-state index contributed by atoms with van der Waals surface area (Å²) in [6, 6.07) is 6.27. The Bertz CT molecular complexity index is 780. The van der Waals surface area contributed by atoms with Gasteiger partial charge >= 0.3 is 6.18 Å². The fourth-order valence-electron chi connectivity index (χ4n) is 2.74. The van der Waals surface area contributed by atoms with E-state index in [4.69, 9.17) is 5.73 Å². The molecular formula is C17H19F3N4O. The molecule has 1 aromatic carbocycles. The summed E-state index contributed by atoms with van der Waals surface area (Å²) in [6.07, 6.45) is -1.78. The molecule has 8 heteroatoms. The minimum Gasteiger partial charge on any atom is -0.350 e. The van der Waals surface area contributed by atoms with Crippen molar-refractivity contribution in [3.05, 3.63) is 47.3 Å². The molecule has 1 atom stereocenters. The van der Waals surface area contributed by atoms with Crippen molar-refractivity contribution >= 4 is 5.91 Å². The van der Waals surface area contributed by atoms with Crippen LogP contribution in [0.25, 0.3) is 5.69 Å². The lowest BCUT2D eigenvalue weighted by atomic mass is 10.1. The average molecular weight is 352 g/mol. The number of benzene rings is 1. The zero-order chi connectivity index (χ0) is 18.2. The average Bonchev–Trinajstić information content (AvgIpc) is 3.29. The lowest BCUT2D eigenvalue weighted by Gasteiger charge is -2.14. The van der Waals surface area contributed by atoms with Crippen LogP contribution in [0.2, 0.25) is 0 Å². The fourth-order valence-corrected chi connectivity index (χ4v) is 2.74. The zero-order valence-corrected chi connectivity index (χ0v) is 13.7. The lowest BCUT2D eigenvalue weighted by Crippen LogP contribution is -2.39. The maximum absolute atomic E-state index is 13.6. The summed E-state index contributed by atoms with van der Waals surface area (Å²) in [7, 11) is 0. The molecule has 25 heavy (non-hydrogen) atoms. The number of aromatic nitrogens is 2. The zero-order valence-electron chi connectivity index (χ0n) is 13.7. The Balaban J connectivity index is 1.90. The van der Waals surface area contributed by atoms with Gasteiger partial charge in [-0.15, -0.1) is 0 Å². The Morgan fingerprint density at radius 1 is 1.44 bits per heavy atom. The third kappa shape index (κ3) is 3.84. The molecule has 1 heterocycles. The van der Waals surface area contributed by atoms with E-state index in [1.165, 1.54) is 6.07 Å². The van der Waals surface area contributed by atoms with E-state index in [1.807, 2.05) is 0 Å². The predicted molar refractivity (Wildman–Crippen MR) is 86.3 cm³/mol. The van der Waals surface area contributed by atoms with Gasteiger partial charge in [0.15, 0.2) is 5.69 Å². The first-order valence-corrected chi connectivity index (χ1v) is 8.03. The molecular weight excluding hydrogens is 333 g/mol. The monoisotopic (exact) mass is 352 g/mol. The highest BCUT2D eigenvalue weighted by atomic mass is 19.4. The molecule has 0 saturated heterocycles. The van der Waals surface area contributed by atoms with E-state index in [1.54, 1.807) is 25.1 Å². The summed E-state index contributed by atoms with van der Waals surface area (Å²) in [5, 5.41) is 6.29. The lowest BCUT2D eigenvalue weighted by molar-refractivity contribution is -0.143. The molecule has 134 valence electrons. The first-order chi connectivity index (χ1) is 11.8. The molecule has 5 nitrogen and oxygen atoms in total. The Morgan fingerprint density at radius 3 is 2.76 bits per heavy atom. The Kier molecular flexibility index (Phi) is 4.55. The number of amides is 1. The predicted octanol–water partition coefficient (Wildman–Crippen LogP) is 2.67. The molecule has 1 aliphatic carbocycles. The van der Waals surface area contributed by atoms with Crippen molar-refractivity contribution in [2.75, 3.05) is 6.54 Å². The van der Waals surface area contributed by atoms with E-state index < -0.39 is 23.3 Å². The van der Waals surface area contributed by atoms with Crippen molar-refractivity contribution in [1.82, 2.24) is 15.1 Å². The molecule has 0 spiro atoms. The smallest absolute Gasteiger partial charge is 0.350 e. The number of hydrogen-bond acceptors (Lipinski definition) is 3. The quantitative estimate of drug-likeness (QED) is 0.869. The Labute approximate surface area is 143 Å². The normalized spacial score (nSPS) is 15.9. The van der Waals surface area contributed by atoms with E-state index in [2.05, 4.69) is 10.4 Å². The van der Waals surface area contributed by atoms with Crippen LogP contribution in [0.15, 0.2) is 30.5 Å². The van der Waals surface area contributed by atoms with Crippen molar-refractivity contribution in [3.8, 4) is 5.69 Å². The number of halogens is 3. The van der Waals surface area contributed by atoms with E-state index in [0.29, 0.717) is 5.92 Å². The molecule has 0 aliphatic heterocycles. The van der Waals surface area contributed by atoms with Gasteiger partial charge in [0.2, 0.25) is 0 Å². The highest BCUT2D eigenvalue weighted by Crippen LogP contribution is 2.34. The number of nitrogens with one attached hydrogen (secondary N) is 1. The molecule has 1 unspecified atom stereocenters. The SMILES string of the molecule is Cc1cccc(-n2ncc(C(=O)NCC(N)C3CC3)c2C(F)(F)F)c1. The number of hydrogen-bond donors (Lipinski definition) is 2. The molecule has 3 N–H and O–H groups in total. The second-order valence-corrected chi connectivity index (χ2v) is 6.37. The Morgan fingerprint density at radius 2 is 2.16 bits per heavy atom. The number of nitrogens with two attached hydrogens (primary N) is 1. The third-order valence-corrected chi connectivity index (χ3v) is 4.25. The number of rotatable bonds is 5. The van der Waals surface area contributed by atoms with Gasteiger partial charge in [0.1, 0.15) is 0 Å². The van der Waals surface area contributed by atoms with Gasteiger partial charge < -0.3 is 11.1 Å². The van der Waals surface area contributed by atoms with Crippen LogP contribution < -0.4 is 11.1 Å². The summed E-state index contributed by atoms with van der Waals surface area (Å²) in [4.78, 5) is 12.3. The van der Waals surface area contributed by atoms with Crippen LogP contribution in [0.4, 0.5) is 13.2 Å². The molecule has 1 amide bonds. The van der Waals surface area contributed by atoms with Crippen LogP contribution in [0.3, 0.4) is 0 Å². The van der Waals surface area contributed by atoms with Gasteiger partial charge in [0.05, 0.1) is 17.4 Å². The van der Waals surface area contributed by atoms with Crippen LogP contribution in [0, 0.1) is 12.8 Å². The number of carbonyl (C=O) groups excluding carboxylic acids is 1. The largest absolute Gasteiger partial charge is 0.434 e. The maximum Gasteiger partial charge on any atom is 0.434 e. The number of alkyl halides is 3. The minimum atomic E-state index is -4.72. The van der Waals surface area contributed by atoms with Gasteiger partial charge in [-0.1, -0.05) is 12.1 Å². The second-order valence-electron chi connectivity index (χ2n) is 6.37. The molecule has 0 bridgehead atoms. The van der Waals surface area contributed by atoms with Gasteiger partial charge in [0, 0.05) is 12.6 Å². The van der Waals surface area contributed by atoms with Crippen molar-refractivity contribution in [2.24, 2.45) is 11.7 Å². The fraction of sp³-hybridized carbons (Fsp3) is 0.412. The number of aryl methyl sites for hydroxylation is 1. The van der Waals surface area contributed by atoms with Gasteiger partial charge in [-0.3, -0.25) is 4.79 Å². The van der Waals surface area contributed by atoms with Gasteiger partial charge in [-0.2, -0.15) is 18.3 Å².